The Hall–Kier alpha value is -2.57. The fourth-order valence-electron chi connectivity index (χ4n) is 1.54. The number of aromatic nitrogens is 1. The number of aromatic hydroxyl groups is 1. The lowest BCUT2D eigenvalue weighted by atomic mass is 10.1. The number of hydrazone groups is 1. The largest absolute Gasteiger partial charge is 0.508 e. The molecule has 110 valence electrons. The second-order valence-corrected chi connectivity index (χ2v) is 4.29. The van der Waals surface area contributed by atoms with Gasteiger partial charge in [-0.2, -0.15) is 18.3 Å². The molecule has 1 aromatic heterocycles. The maximum Gasteiger partial charge on any atom is 0.417 e. The molecule has 0 atom stereocenters. The van der Waals surface area contributed by atoms with Crippen molar-refractivity contribution in [1.29, 1.82) is 0 Å². The van der Waals surface area contributed by atoms with E-state index in [2.05, 4.69) is 15.5 Å². The average molecular weight is 295 g/mol. The number of hydrogen-bond donors (Lipinski definition) is 2. The molecular weight excluding hydrogens is 283 g/mol. The predicted octanol–water partition coefficient (Wildman–Crippen LogP) is 3.64. The zero-order chi connectivity index (χ0) is 15.5. The lowest BCUT2D eigenvalue weighted by Gasteiger charge is -2.07. The van der Waals surface area contributed by atoms with Gasteiger partial charge in [-0.05, 0) is 48.9 Å². The molecule has 4 nitrogen and oxygen atoms in total. The molecule has 2 rings (SSSR count). The standard InChI is InChI=1S/C14H12F3N3O/c1-9(10-2-5-12(21)6-3-10)19-20-13-7-4-11(8-18-13)14(15,16)17/h2-8,21H,1H3,(H,18,20)/b19-9+. The zero-order valence-corrected chi connectivity index (χ0v) is 11.0. The van der Waals surface area contributed by atoms with E-state index in [9.17, 15) is 18.3 Å². The molecule has 2 aromatic rings. The van der Waals surface area contributed by atoms with Crippen LogP contribution in [0.5, 0.6) is 5.75 Å². The van der Waals surface area contributed by atoms with Crippen LogP contribution in [0.4, 0.5) is 19.0 Å². The number of phenols is 1. The van der Waals surface area contributed by atoms with Gasteiger partial charge in [0.2, 0.25) is 0 Å². The van der Waals surface area contributed by atoms with Crippen molar-refractivity contribution < 1.29 is 18.3 Å². The second kappa shape index (κ2) is 5.82. The minimum absolute atomic E-state index is 0.143. The summed E-state index contributed by atoms with van der Waals surface area (Å²) in [6, 6.07) is 8.53. The molecule has 0 bridgehead atoms. The number of anilines is 1. The normalized spacial score (nSPS) is 12.3. The first-order valence-electron chi connectivity index (χ1n) is 5.99. The highest BCUT2D eigenvalue weighted by Gasteiger charge is 2.30. The van der Waals surface area contributed by atoms with Gasteiger partial charge in [-0.15, -0.1) is 0 Å². The minimum Gasteiger partial charge on any atom is -0.508 e. The maximum absolute atomic E-state index is 12.4. The Labute approximate surface area is 119 Å². The summed E-state index contributed by atoms with van der Waals surface area (Å²) >= 11 is 0. The van der Waals surface area contributed by atoms with E-state index in [0.29, 0.717) is 5.71 Å². The number of pyridine rings is 1. The third kappa shape index (κ3) is 3.95. The van der Waals surface area contributed by atoms with Crippen LogP contribution in [0, 0.1) is 0 Å². The lowest BCUT2D eigenvalue weighted by Crippen LogP contribution is -2.06. The quantitative estimate of drug-likeness (QED) is 0.671. The van der Waals surface area contributed by atoms with Crippen molar-refractivity contribution in [2.75, 3.05) is 5.43 Å². The molecular formula is C14H12F3N3O. The molecule has 0 fully saturated rings. The smallest absolute Gasteiger partial charge is 0.417 e. The Morgan fingerprint density at radius 3 is 2.33 bits per heavy atom. The lowest BCUT2D eigenvalue weighted by molar-refractivity contribution is -0.137. The van der Waals surface area contributed by atoms with Gasteiger partial charge in [0.05, 0.1) is 11.3 Å². The van der Waals surface area contributed by atoms with E-state index in [4.69, 9.17) is 0 Å². The highest BCUT2D eigenvalue weighted by molar-refractivity contribution is 5.99. The molecule has 7 heteroatoms. The predicted molar refractivity (Wildman–Crippen MR) is 73.2 cm³/mol. The van der Waals surface area contributed by atoms with Crippen molar-refractivity contribution in [1.82, 2.24) is 4.98 Å². The maximum atomic E-state index is 12.4. The molecule has 0 spiro atoms. The zero-order valence-electron chi connectivity index (χ0n) is 11.0. The van der Waals surface area contributed by atoms with E-state index in [1.165, 1.54) is 18.2 Å². The van der Waals surface area contributed by atoms with Gasteiger partial charge in [-0.25, -0.2) is 4.98 Å². The highest BCUT2D eigenvalue weighted by Crippen LogP contribution is 2.28. The SMILES string of the molecule is C/C(=N\Nc1ccc(C(F)(F)F)cn1)c1ccc(O)cc1. The molecule has 0 radical (unpaired) electrons. The summed E-state index contributed by atoms with van der Waals surface area (Å²) in [6.07, 6.45) is -3.66. The molecule has 0 aliphatic carbocycles. The van der Waals surface area contributed by atoms with Gasteiger partial charge < -0.3 is 5.11 Å². The van der Waals surface area contributed by atoms with E-state index < -0.39 is 11.7 Å². The second-order valence-electron chi connectivity index (χ2n) is 4.29. The molecule has 0 saturated carbocycles. The monoisotopic (exact) mass is 295 g/mol. The van der Waals surface area contributed by atoms with Crippen LogP contribution in [0.3, 0.4) is 0 Å². The van der Waals surface area contributed by atoms with Crippen molar-refractivity contribution in [3.8, 4) is 5.75 Å². The summed E-state index contributed by atoms with van der Waals surface area (Å²) in [4.78, 5) is 3.65. The van der Waals surface area contributed by atoms with Gasteiger partial charge >= 0.3 is 6.18 Å². The molecule has 0 unspecified atom stereocenters. The van der Waals surface area contributed by atoms with Crippen LogP contribution in [0.1, 0.15) is 18.1 Å². The molecule has 1 aromatic carbocycles. The number of phenolic OH excluding ortho intramolecular Hbond substituents is 1. The van der Waals surface area contributed by atoms with Gasteiger partial charge in [-0.1, -0.05) is 0 Å². The Morgan fingerprint density at radius 1 is 1.14 bits per heavy atom. The first kappa shape index (κ1) is 14.8. The molecule has 1 heterocycles. The van der Waals surface area contributed by atoms with E-state index in [0.717, 1.165) is 17.8 Å². The van der Waals surface area contributed by atoms with Crippen LogP contribution in [0.2, 0.25) is 0 Å². The van der Waals surface area contributed by atoms with Gasteiger partial charge in [0.25, 0.3) is 0 Å². The number of hydrogen-bond acceptors (Lipinski definition) is 4. The Balaban J connectivity index is 2.08. The van der Waals surface area contributed by atoms with E-state index in [-0.39, 0.29) is 11.6 Å². The van der Waals surface area contributed by atoms with Gasteiger partial charge in [0.15, 0.2) is 0 Å². The minimum atomic E-state index is -4.41. The molecule has 21 heavy (non-hydrogen) atoms. The van der Waals surface area contributed by atoms with Crippen molar-refractivity contribution >= 4 is 11.5 Å². The number of rotatable bonds is 3. The first-order chi connectivity index (χ1) is 9.86. The van der Waals surface area contributed by atoms with Crippen molar-refractivity contribution in [2.45, 2.75) is 13.1 Å². The van der Waals surface area contributed by atoms with Crippen LogP contribution in [-0.4, -0.2) is 15.8 Å². The van der Waals surface area contributed by atoms with Crippen molar-refractivity contribution in [3.05, 3.63) is 53.7 Å². The van der Waals surface area contributed by atoms with Crippen molar-refractivity contribution in [3.63, 3.8) is 0 Å². The average Bonchev–Trinajstić information content (AvgIpc) is 2.45. The molecule has 0 aliphatic heterocycles. The summed E-state index contributed by atoms with van der Waals surface area (Å²) in [5, 5.41) is 13.2. The summed E-state index contributed by atoms with van der Waals surface area (Å²) < 4.78 is 37.1. The number of halogens is 3. The fraction of sp³-hybridized carbons (Fsp3) is 0.143. The van der Waals surface area contributed by atoms with Gasteiger partial charge in [-0.3, -0.25) is 5.43 Å². The number of alkyl halides is 3. The third-order valence-electron chi connectivity index (χ3n) is 2.71. The molecule has 2 N–H and O–H groups in total. The summed E-state index contributed by atoms with van der Waals surface area (Å²) in [5.74, 6) is 0.352. The topological polar surface area (TPSA) is 57.5 Å². The Morgan fingerprint density at radius 2 is 1.81 bits per heavy atom. The number of nitrogens with one attached hydrogen (secondary N) is 1. The van der Waals surface area contributed by atoms with Crippen molar-refractivity contribution in [2.24, 2.45) is 5.10 Å². The van der Waals surface area contributed by atoms with Crippen LogP contribution in [0.25, 0.3) is 0 Å². The summed E-state index contributed by atoms with van der Waals surface area (Å²) in [5.41, 5.74) is 3.15. The summed E-state index contributed by atoms with van der Waals surface area (Å²) in [6.45, 7) is 1.73. The molecule has 0 saturated heterocycles. The van der Waals surface area contributed by atoms with E-state index in [1.807, 2.05) is 0 Å². The fourth-order valence-corrected chi connectivity index (χ4v) is 1.54. The number of nitrogens with zero attached hydrogens (tertiary/aromatic N) is 2. The van der Waals surface area contributed by atoms with E-state index >= 15 is 0 Å². The van der Waals surface area contributed by atoms with Gasteiger partial charge in [0.1, 0.15) is 11.6 Å². The first-order valence-corrected chi connectivity index (χ1v) is 5.99. The van der Waals surface area contributed by atoms with Crippen LogP contribution < -0.4 is 5.43 Å². The Kier molecular flexibility index (Phi) is 4.11. The van der Waals surface area contributed by atoms with Gasteiger partial charge in [0, 0.05) is 6.20 Å². The van der Waals surface area contributed by atoms with Crippen LogP contribution in [0.15, 0.2) is 47.7 Å². The highest BCUT2D eigenvalue weighted by atomic mass is 19.4. The summed E-state index contributed by atoms with van der Waals surface area (Å²) in [7, 11) is 0. The molecule has 0 aliphatic rings. The van der Waals surface area contributed by atoms with Crippen LogP contribution in [-0.2, 0) is 6.18 Å². The van der Waals surface area contributed by atoms with E-state index in [1.54, 1.807) is 19.1 Å². The number of benzene rings is 1. The molecule has 0 amide bonds. The third-order valence-corrected chi connectivity index (χ3v) is 2.71. The van der Waals surface area contributed by atoms with Crippen LogP contribution >= 0.6 is 0 Å². The Bertz CT molecular complexity index is 634.